The summed E-state index contributed by atoms with van der Waals surface area (Å²) in [5.74, 6) is 0.125. The van der Waals surface area contributed by atoms with Crippen LogP contribution in [-0.2, 0) is 23.1 Å². The molecule has 0 unspecified atom stereocenters. The molecule has 10 heteroatoms. The van der Waals surface area contributed by atoms with Gasteiger partial charge < -0.3 is 18.8 Å². The van der Waals surface area contributed by atoms with E-state index >= 15 is 0 Å². The number of fused-ring (bicyclic) bond motifs is 1. The first-order chi connectivity index (χ1) is 13.4. The molecule has 0 atom stereocenters. The number of ether oxygens (including phenoxy) is 3. The molecule has 0 spiro atoms. The van der Waals surface area contributed by atoms with Crippen LogP contribution in [0.1, 0.15) is 16.2 Å². The Labute approximate surface area is 164 Å². The van der Waals surface area contributed by atoms with Crippen LogP contribution in [0.25, 0.3) is 10.2 Å². The zero-order valence-corrected chi connectivity index (χ0v) is 17.0. The summed E-state index contributed by atoms with van der Waals surface area (Å²) in [6, 6.07) is 5.15. The number of benzene rings is 1. The standard InChI is InChI=1S/C18H20N4O5S/c1-10-8-11(20-21(10)2)17(24)19-18-22(9-14(23)27-5)15-12(25-3)6-7-13(26-4)16(15)28-18/h6-8H,9H2,1-5H3. The summed E-state index contributed by atoms with van der Waals surface area (Å²) >= 11 is 1.22. The van der Waals surface area contributed by atoms with Gasteiger partial charge in [-0.25, -0.2) is 0 Å². The number of hydrogen-bond donors (Lipinski definition) is 0. The van der Waals surface area contributed by atoms with Gasteiger partial charge in [0.15, 0.2) is 10.5 Å². The molecule has 0 fully saturated rings. The summed E-state index contributed by atoms with van der Waals surface area (Å²) < 4.78 is 19.5. The van der Waals surface area contributed by atoms with Gasteiger partial charge in [0, 0.05) is 12.7 Å². The Balaban J connectivity index is 2.26. The van der Waals surface area contributed by atoms with Crippen molar-refractivity contribution < 1.29 is 23.8 Å². The van der Waals surface area contributed by atoms with Crippen molar-refractivity contribution in [3.8, 4) is 11.5 Å². The number of thiazole rings is 1. The molecule has 148 valence electrons. The van der Waals surface area contributed by atoms with Gasteiger partial charge in [-0.15, -0.1) is 0 Å². The van der Waals surface area contributed by atoms with Gasteiger partial charge in [0.25, 0.3) is 5.91 Å². The molecule has 3 aromatic rings. The molecule has 2 heterocycles. The second-order valence-corrected chi connectivity index (χ2v) is 6.88. The Morgan fingerprint density at radius 1 is 1.18 bits per heavy atom. The van der Waals surface area contributed by atoms with Crippen LogP contribution in [0.4, 0.5) is 0 Å². The number of aromatic nitrogens is 3. The molecule has 1 amide bonds. The number of carbonyl (C=O) groups excluding carboxylic acids is 2. The number of esters is 1. The Morgan fingerprint density at radius 2 is 1.86 bits per heavy atom. The molecular formula is C18H20N4O5S. The predicted octanol–water partition coefficient (Wildman–Crippen LogP) is 1.68. The van der Waals surface area contributed by atoms with Gasteiger partial charge in [-0.3, -0.25) is 14.3 Å². The van der Waals surface area contributed by atoms with E-state index in [0.717, 1.165) is 5.69 Å². The first-order valence-corrected chi connectivity index (χ1v) is 9.12. The van der Waals surface area contributed by atoms with Gasteiger partial charge >= 0.3 is 5.97 Å². The van der Waals surface area contributed by atoms with Gasteiger partial charge in [-0.1, -0.05) is 11.3 Å². The van der Waals surface area contributed by atoms with Crippen LogP contribution in [0.3, 0.4) is 0 Å². The lowest BCUT2D eigenvalue weighted by Crippen LogP contribution is -2.22. The number of amides is 1. The van der Waals surface area contributed by atoms with E-state index in [1.165, 1.54) is 25.6 Å². The van der Waals surface area contributed by atoms with Crippen LogP contribution in [0.5, 0.6) is 11.5 Å². The molecule has 2 aromatic heterocycles. The van der Waals surface area contributed by atoms with E-state index in [4.69, 9.17) is 14.2 Å². The first kappa shape index (κ1) is 19.6. The average molecular weight is 404 g/mol. The second kappa shape index (κ2) is 7.85. The highest BCUT2D eigenvalue weighted by Gasteiger charge is 2.19. The molecular weight excluding hydrogens is 384 g/mol. The Hall–Kier alpha value is -3.14. The fourth-order valence-corrected chi connectivity index (χ4v) is 3.83. The van der Waals surface area contributed by atoms with Gasteiger partial charge in [0.05, 0.1) is 21.3 Å². The number of carbonyl (C=O) groups is 2. The third kappa shape index (κ3) is 3.50. The Morgan fingerprint density at radius 3 is 2.43 bits per heavy atom. The van der Waals surface area contributed by atoms with Crippen molar-refractivity contribution in [2.24, 2.45) is 12.0 Å². The normalized spacial score (nSPS) is 11.7. The second-order valence-electron chi connectivity index (χ2n) is 5.91. The van der Waals surface area contributed by atoms with Crippen molar-refractivity contribution in [1.29, 1.82) is 0 Å². The monoisotopic (exact) mass is 404 g/mol. The largest absolute Gasteiger partial charge is 0.495 e. The molecule has 3 rings (SSSR count). The lowest BCUT2D eigenvalue weighted by atomic mass is 10.3. The van der Waals surface area contributed by atoms with E-state index in [0.29, 0.717) is 26.5 Å². The van der Waals surface area contributed by atoms with Gasteiger partial charge in [0.1, 0.15) is 28.3 Å². The minimum absolute atomic E-state index is 0.132. The molecule has 0 aliphatic heterocycles. The summed E-state index contributed by atoms with van der Waals surface area (Å²) in [4.78, 5) is 29.1. The van der Waals surface area contributed by atoms with Crippen LogP contribution in [0.2, 0.25) is 0 Å². The van der Waals surface area contributed by atoms with Gasteiger partial charge in [-0.05, 0) is 25.1 Å². The fraction of sp³-hybridized carbons (Fsp3) is 0.333. The third-order valence-corrected chi connectivity index (χ3v) is 5.33. The molecule has 0 bridgehead atoms. The molecule has 0 saturated carbocycles. The van der Waals surface area contributed by atoms with E-state index in [2.05, 4.69) is 10.1 Å². The molecule has 28 heavy (non-hydrogen) atoms. The summed E-state index contributed by atoms with van der Waals surface area (Å²) in [5, 5.41) is 4.16. The lowest BCUT2D eigenvalue weighted by molar-refractivity contribution is -0.141. The van der Waals surface area contributed by atoms with Gasteiger partial charge in [0.2, 0.25) is 0 Å². The minimum Gasteiger partial charge on any atom is -0.495 e. The Kier molecular flexibility index (Phi) is 5.50. The van der Waals surface area contributed by atoms with Gasteiger partial charge in [-0.2, -0.15) is 10.1 Å². The SMILES string of the molecule is COC(=O)Cn1c(=NC(=O)c2cc(C)n(C)n2)sc2c(OC)ccc(OC)c21. The number of nitrogens with zero attached hydrogens (tertiary/aromatic N) is 4. The number of hydrogen-bond acceptors (Lipinski definition) is 7. The highest BCUT2D eigenvalue weighted by atomic mass is 32.1. The van der Waals surface area contributed by atoms with Crippen LogP contribution in [0, 0.1) is 6.92 Å². The van der Waals surface area contributed by atoms with Crippen LogP contribution >= 0.6 is 11.3 Å². The maximum Gasteiger partial charge on any atom is 0.325 e. The quantitative estimate of drug-likeness (QED) is 0.600. The molecule has 9 nitrogen and oxygen atoms in total. The maximum absolute atomic E-state index is 12.6. The Bertz CT molecular complexity index is 1110. The number of rotatable bonds is 5. The molecule has 0 aliphatic carbocycles. The highest BCUT2D eigenvalue weighted by molar-refractivity contribution is 7.16. The summed E-state index contributed by atoms with van der Waals surface area (Å²) in [6.45, 7) is 1.71. The third-order valence-electron chi connectivity index (χ3n) is 4.24. The number of methoxy groups -OCH3 is 3. The summed E-state index contributed by atoms with van der Waals surface area (Å²) in [5.41, 5.74) is 1.66. The van der Waals surface area contributed by atoms with Crippen molar-refractivity contribution in [2.75, 3.05) is 21.3 Å². The van der Waals surface area contributed by atoms with E-state index in [9.17, 15) is 9.59 Å². The van der Waals surface area contributed by atoms with Crippen molar-refractivity contribution in [3.05, 3.63) is 34.4 Å². The number of aryl methyl sites for hydroxylation is 2. The van der Waals surface area contributed by atoms with Crippen molar-refractivity contribution >= 4 is 33.4 Å². The van der Waals surface area contributed by atoms with Crippen molar-refractivity contribution in [1.82, 2.24) is 14.3 Å². The van der Waals surface area contributed by atoms with Crippen LogP contribution in [0.15, 0.2) is 23.2 Å². The zero-order valence-electron chi connectivity index (χ0n) is 16.2. The highest BCUT2D eigenvalue weighted by Crippen LogP contribution is 2.35. The van der Waals surface area contributed by atoms with Crippen LogP contribution < -0.4 is 14.3 Å². The topological polar surface area (TPSA) is 96.9 Å². The maximum atomic E-state index is 12.6. The predicted molar refractivity (Wildman–Crippen MR) is 103 cm³/mol. The molecule has 0 aliphatic rings. The van der Waals surface area contributed by atoms with Crippen LogP contribution in [-0.4, -0.2) is 47.6 Å². The summed E-state index contributed by atoms with van der Waals surface area (Å²) in [6.07, 6.45) is 0. The molecule has 0 radical (unpaired) electrons. The summed E-state index contributed by atoms with van der Waals surface area (Å²) in [7, 11) is 6.12. The van der Waals surface area contributed by atoms with Crippen molar-refractivity contribution in [3.63, 3.8) is 0 Å². The van der Waals surface area contributed by atoms with Crippen molar-refractivity contribution in [2.45, 2.75) is 13.5 Å². The zero-order chi connectivity index (χ0) is 20.4. The fourth-order valence-electron chi connectivity index (χ4n) is 2.69. The molecule has 1 aromatic carbocycles. The molecule has 0 saturated heterocycles. The average Bonchev–Trinajstić information content (AvgIpc) is 3.21. The molecule has 0 N–H and O–H groups in total. The van der Waals surface area contributed by atoms with E-state index in [1.54, 1.807) is 41.6 Å². The minimum atomic E-state index is -0.508. The van der Waals surface area contributed by atoms with E-state index < -0.39 is 11.9 Å². The lowest BCUT2D eigenvalue weighted by Gasteiger charge is -2.09. The van der Waals surface area contributed by atoms with E-state index in [-0.39, 0.29) is 12.2 Å². The van der Waals surface area contributed by atoms with E-state index in [1.807, 2.05) is 6.92 Å². The first-order valence-electron chi connectivity index (χ1n) is 8.30. The smallest absolute Gasteiger partial charge is 0.325 e.